The van der Waals surface area contributed by atoms with Gasteiger partial charge in [0.25, 0.3) is 0 Å². The van der Waals surface area contributed by atoms with Gasteiger partial charge in [-0.2, -0.15) is 0 Å². The normalized spacial score (nSPS) is 11.9. The van der Waals surface area contributed by atoms with E-state index in [1.54, 1.807) is 24.7 Å². The first-order chi connectivity index (χ1) is 11.6. The first-order valence-electron chi connectivity index (χ1n) is 8.19. The van der Waals surface area contributed by atoms with Crippen molar-refractivity contribution in [2.75, 3.05) is 33.4 Å². The fourth-order valence-corrected chi connectivity index (χ4v) is 3.07. The van der Waals surface area contributed by atoms with Crippen LogP contribution in [0.5, 0.6) is 0 Å². The van der Waals surface area contributed by atoms with Gasteiger partial charge in [0.05, 0.1) is 19.4 Å². The van der Waals surface area contributed by atoms with Crippen LogP contribution in [0, 0.1) is 0 Å². The molecular weight excluding hydrogens is 449 g/mol. The number of thiophene rings is 1. The van der Waals surface area contributed by atoms with Gasteiger partial charge in [0.15, 0.2) is 5.96 Å². The molecule has 0 saturated carbocycles. The summed E-state index contributed by atoms with van der Waals surface area (Å²) in [6.07, 6.45) is 2.52. The number of guanidine groups is 1. The van der Waals surface area contributed by atoms with Gasteiger partial charge in [0.2, 0.25) is 0 Å². The van der Waals surface area contributed by atoms with Gasteiger partial charge in [-0.25, -0.2) is 0 Å². The van der Waals surface area contributed by atoms with Crippen LogP contribution in [0.3, 0.4) is 0 Å². The molecule has 0 aliphatic heterocycles. The fraction of sp³-hybridized carbons (Fsp3) is 0.500. The van der Waals surface area contributed by atoms with Crippen molar-refractivity contribution in [2.24, 2.45) is 4.99 Å². The lowest BCUT2D eigenvalue weighted by atomic mass is 9.92. The zero-order valence-electron chi connectivity index (χ0n) is 15.1. The predicted molar refractivity (Wildman–Crippen MR) is 115 cm³/mol. The van der Waals surface area contributed by atoms with Crippen molar-refractivity contribution in [2.45, 2.75) is 25.7 Å². The van der Waals surface area contributed by atoms with E-state index in [4.69, 9.17) is 14.1 Å². The van der Waals surface area contributed by atoms with Crippen LogP contribution in [0.15, 0.2) is 45.3 Å². The Hall–Kier alpha value is -1.06. The molecule has 0 aliphatic rings. The molecule has 0 spiro atoms. The average molecular weight is 477 g/mol. The van der Waals surface area contributed by atoms with Crippen molar-refractivity contribution in [1.82, 2.24) is 10.6 Å². The zero-order chi connectivity index (χ0) is 17.3. The molecule has 7 heteroatoms. The zero-order valence-corrected chi connectivity index (χ0v) is 18.2. The number of hydrogen-bond acceptors (Lipinski definition) is 4. The van der Waals surface area contributed by atoms with E-state index in [9.17, 15) is 0 Å². The molecular formula is C18H28IN3O2S. The Morgan fingerprint density at radius 3 is 2.68 bits per heavy atom. The van der Waals surface area contributed by atoms with E-state index in [-0.39, 0.29) is 29.4 Å². The van der Waals surface area contributed by atoms with Crippen molar-refractivity contribution < 1.29 is 9.15 Å². The summed E-state index contributed by atoms with van der Waals surface area (Å²) in [5.74, 6) is 1.78. The van der Waals surface area contributed by atoms with Crippen molar-refractivity contribution >= 4 is 41.3 Å². The number of hydrogen-bond donors (Lipinski definition) is 2. The second kappa shape index (κ2) is 11.5. The molecule has 2 heterocycles. The molecule has 5 nitrogen and oxygen atoms in total. The molecule has 0 atom stereocenters. The number of nitrogens with zero attached hydrogens (tertiary/aromatic N) is 1. The number of halogens is 1. The minimum atomic E-state index is 0. The quantitative estimate of drug-likeness (QED) is 0.251. The number of nitrogens with one attached hydrogen (secondary N) is 2. The summed E-state index contributed by atoms with van der Waals surface area (Å²) in [7, 11) is 1.70. The SMILES string of the molecule is COCCNC(=NCC(C)(C)c1cccs1)NCCc1ccco1.I. The Morgan fingerprint density at radius 1 is 1.24 bits per heavy atom. The lowest BCUT2D eigenvalue weighted by molar-refractivity contribution is 0.203. The highest BCUT2D eigenvalue weighted by Gasteiger charge is 2.21. The molecule has 0 bridgehead atoms. The van der Waals surface area contributed by atoms with Crippen LogP contribution in [0.4, 0.5) is 0 Å². The van der Waals surface area contributed by atoms with Crippen molar-refractivity contribution in [3.05, 3.63) is 46.5 Å². The summed E-state index contributed by atoms with van der Waals surface area (Å²) in [6, 6.07) is 8.15. The van der Waals surface area contributed by atoms with Gasteiger partial charge in [-0.05, 0) is 23.6 Å². The van der Waals surface area contributed by atoms with Crippen LogP contribution in [0.25, 0.3) is 0 Å². The topological polar surface area (TPSA) is 58.8 Å². The molecule has 140 valence electrons. The Labute approximate surface area is 171 Å². The van der Waals surface area contributed by atoms with E-state index in [1.807, 2.05) is 12.1 Å². The van der Waals surface area contributed by atoms with Crippen LogP contribution in [-0.4, -0.2) is 39.3 Å². The third kappa shape index (κ3) is 7.79. The van der Waals surface area contributed by atoms with Gasteiger partial charge in [0, 0.05) is 36.9 Å². The summed E-state index contributed by atoms with van der Waals surface area (Å²) >= 11 is 1.78. The third-order valence-corrected chi connectivity index (χ3v) is 4.90. The van der Waals surface area contributed by atoms with E-state index >= 15 is 0 Å². The number of methoxy groups -OCH3 is 1. The molecule has 0 unspecified atom stereocenters. The van der Waals surface area contributed by atoms with Crippen LogP contribution in [0.1, 0.15) is 24.5 Å². The van der Waals surface area contributed by atoms with Crippen molar-refractivity contribution in [1.29, 1.82) is 0 Å². The van der Waals surface area contributed by atoms with E-state index in [2.05, 4.69) is 42.0 Å². The number of rotatable bonds is 9. The fourth-order valence-electron chi connectivity index (χ4n) is 2.22. The Balaban J connectivity index is 0.00000312. The van der Waals surface area contributed by atoms with E-state index in [0.717, 1.165) is 37.8 Å². The number of aliphatic imine (C=N–C) groups is 1. The Kier molecular flexibility index (Phi) is 10.1. The van der Waals surface area contributed by atoms with E-state index in [1.165, 1.54) is 4.88 Å². The lowest BCUT2D eigenvalue weighted by Crippen LogP contribution is -2.40. The van der Waals surface area contributed by atoms with E-state index < -0.39 is 0 Å². The Bertz CT molecular complexity index is 598. The molecule has 0 radical (unpaired) electrons. The third-order valence-electron chi connectivity index (χ3n) is 3.66. The lowest BCUT2D eigenvalue weighted by Gasteiger charge is -2.22. The molecule has 25 heavy (non-hydrogen) atoms. The highest BCUT2D eigenvalue weighted by molar-refractivity contribution is 14.0. The monoisotopic (exact) mass is 477 g/mol. The smallest absolute Gasteiger partial charge is 0.191 e. The first-order valence-corrected chi connectivity index (χ1v) is 9.07. The van der Waals surface area contributed by atoms with Crippen LogP contribution in [-0.2, 0) is 16.6 Å². The average Bonchev–Trinajstić information content (AvgIpc) is 3.26. The maximum Gasteiger partial charge on any atom is 0.191 e. The van der Waals surface area contributed by atoms with Gasteiger partial charge in [-0.3, -0.25) is 4.99 Å². The van der Waals surface area contributed by atoms with Crippen LogP contribution in [0.2, 0.25) is 0 Å². The first kappa shape index (κ1) is 22.0. The molecule has 0 saturated heterocycles. The van der Waals surface area contributed by atoms with E-state index in [0.29, 0.717) is 6.61 Å². The molecule has 2 N–H and O–H groups in total. The van der Waals surface area contributed by atoms with Gasteiger partial charge >= 0.3 is 0 Å². The molecule has 0 fully saturated rings. The summed E-state index contributed by atoms with van der Waals surface area (Å²) in [5.41, 5.74) is 0.0189. The molecule has 2 aromatic rings. The minimum Gasteiger partial charge on any atom is -0.469 e. The largest absolute Gasteiger partial charge is 0.469 e. The predicted octanol–water partition coefficient (Wildman–Crippen LogP) is 3.66. The van der Waals surface area contributed by atoms with Gasteiger partial charge < -0.3 is 19.8 Å². The maximum absolute atomic E-state index is 5.36. The number of furan rings is 1. The minimum absolute atomic E-state index is 0. The molecule has 0 aliphatic carbocycles. The summed E-state index contributed by atoms with van der Waals surface area (Å²) in [6.45, 7) is 7.30. The second-order valence-electron chi connectivity index (χ2n) is 6.20. The summed E-state index contributed by atoms with van der Waals surface area (Å²) in [5, 5.41) is 8.78. The number of ether oxygens (including phenoxy) is 1. The highest BCUT2D eigenvalue weighted by atomic mass is 127. The molecule has 0 aromatic carbocycles. The van der Waals surface area contributed by atoms with Crippen molar-refractivity contribution in [3.63, 3.8) is 0 Å². The van der Waals surface area contributed by atoms with Gasteiger partial charge in [0.1, 0.15) is 5.76 Å². The highest BCUT2D eigenvalue weighted by Crippen LogP contribution is 2.27. The van der Waals surface area contributed by atoms with Gasteiger partial charge in [-0.15, -0.1) is 35.3 Å². The standard InChI is InChI=1S/C18H27N3O2S.HI/c1-18(2,16-7-5-13-24-16)14-21-17(20-10-12-22-3)19-9-8-15-6-4-11-23-15;/h4-7,11,13H,8-10,12,14H2,1-3H3,(H2,19,20,21);1H. The molecule has 0 amide bonds. The summed E-state index contributed by atoms with van der Waals surface area (Å²) < 4.78 is 10.5. The van der Waals surface area contributed by atoms with Crippen LogP contribution >= 0.6 is 35.3 Å². The van der Waals surface area contributed by atoms with Gasteiger partial charge in [-0.1, -0.05) is 19.9 Å². The summed E-state index contributed by atoms with van der Waals surface area (Å²) in [4.78, 5) is 6.10. The second-order valence-corrected chi connectivity index (χ2v) is 7.15. The molecule has 2 rings (SSSR count). The Morgan fingerprint density at radius 2 is 2.04 bits per heavy atom. The van der Waals surface area contributed by atoms with Crippen molar-refractivity contribution in [3.8, 4) is 0 Å². The molecule has 2 aromatic heterocycles. The maximum atomic E-state index is 5.36. The van der Waals surface area contributed by atoms with Crippen LogP contribution < -0.4 is 10.6 Å².